The lowest BCUT2D eigenvalue weighted by Gasteiger charge is -2.17. The Kier molecular flexibility index (Phi) is 2.58. The van der Waals surface area contributed by atoms with Gasteiger partial charge in [0, 0.05) is 17.3 Å². The van der Waals surface area contributed by atoms with Gasteiger partial charge < -0.3 is 9.72 Å². The normalized spacial score (nSPS) is 14.6. The highest BCUT2D eigenvalue weighted by Crippen LogP contribution is 2.26. The molecule has 1 aromatic carbocycles. The number of ether oxygens (including phenoxy) is 1. The maximum Gasteiger partial charge on any atom is 0.193 e. The summed E-state index contributed by atoms with van der Waals surface area (Å²) >= 11 is 0. The van der Waals surface area contributed by atoms with E-state index in [0.29, 0.717) is 16.7 Å². The Labute approximate surface area is 104 Å². The van der Waals surface area contributed by atoms with Gasteiger partial charge in [-0.15, -0.1) is 0 Å². The topological polar surface area (TPSA) is 42.1 Å². The molecule has 1 heterocycles. The second kappa shape index (κ2) is 4.12. The highest BCUT2D eigenvalue weighted by Gasteiger charge is 2.18. The Morgan fingerprint density at radius 1 is 1.28 bits per heavy atom. The van der Waals surface area contributed by atoms with E-state index in [1.165, 1.54) is 19.2 Å². The number of pyridine rings is 1. The average molecular weight is 247 g/mol. The molecule has 94 valence electrons. The number of hydrogen-bond donors (Lipinski definition) is 1. The fourth-order valence-electron chi connectivity index (χ4n) is 2.66. The van der Waals surface area contributed by atoms with Crippen molar-refractivity contribution >= 4 is 10.9 Å². The number of aromatic amines is 1. The molecule has 1 N–H and O–H groups in total. The molecule has 18 heavy (non-hydrogen) atoms. The van der Waals surface area contributed by atoms with Crippen molar-refractivity contribution in [2.75, 3.05) is 7.11 Å². The Morgan fingerprint density at radius 3 is 2.83 bits per heavy atom. The summed E-state index contributed by atoms with van der Waals surface area (Å²) in [6.45, 7) is 0. The molecule has 0 atom stereocenters. The van der Waals surface area contributed by atoms with Crippen molar-refractivity contribution in [3.8, 4) is 5.75 Å². The van der Waals surface area contributed by atoms with E-state index in [-0.39, 0.29) is 5.43 Å². The number of halogens is 1. The fourth-order valence-corrected chi connectivity index (χ4v) is 2.66. The molecule has 0 aliphatic heterocycles. The molecule has 1 aliphatic rings. The zero-order valence-electron chi connectivity index (χ0n) is 10.2. The van der Waals surface area contributed by atoms with Gasteiger partial charge in [0.1, 0.15) is 11.6 Å². The van der Waals surface area contributed by atoms with Crippen molar-refractivity contribution in [3.63, 3.8) is 0 Å². The highest BCUT2D eigenvalue weighted by molar-refractivity contribution is 5.85. The number of nitrogens with one attached hydrogen (secondary N) is 1. The predicted molar refractivity (Wildman–Crippen MR) is 67.7 cm³/mol. The largest absolute Gasteiger partial charge is 0.494 e. The van der Waals surface area contributed by atoms with Gasteiger partial charge in [-0.25, -0.2) is 4.39 Å². The van der Waals surface area contributed by atoms with Gasteiger partial charge in [-0.1, -0.05) is 0 Å². The summed E-state index contributed by atoms with van der Waals surface area (Å²) < 4.78 is 18.6. The summed E-state index contributed by atoms with van der Waals surface area (Å²) in [5.74, 6) is -0.0592. The number of fused-ring (bicyclic) bond motifs is 2. The highest BCUT2D eigenvalue weighted by atomic mass is 19.1. The van der Waals surface area contributed by atoms with E-state index in [4.69, 9.17) is 4.74 Å². The van der Waals surface area contributed by atoms with Gasteiger partial charge in [-0.3, -0.25) is 4.79 Å². The van der Waals surface area contributed by atoms with Crippen LogP contribution in [0, 0.1) is 5.82 Å². The van der Waals surface area contributed by atoms with Crippen molar-refractivity contribution in [1.82, 2.24) is 4.98 Å². The van der Waals surface area contributed by atoms with E-state index in [0.717, 1.165) is 36.9 Å². The van der Waals surface area contributed by atoms with Crippen LogP contribution in [0.5, 0.6) is 5.75 Å². The lowest BCUT2D eigenvalue weighted by atomic mass is 9.94. The third-order valence-electron chi connectivity index (χ3n) is 3.55. The first-order valence-corrected chi connectivity index (χ1v) is 6.12. The molecule has 1 aliphatic carbocycles. The number of rotatable bonds is 1. The molecule has 0 spiro atoms. The second-order valence-corrected chi connectivity index (χ2v) is 4.65. The molecule has 0 radical (unpaired) electrons. The summed E-state index contributed by atoms with van der Waals surface area (Å²) in [6.07, 6.45) is 3.76. The van der Waals surface area contributed by atoms with Gasteiger partial charge in [-0.2, -0.15) is 0 Å². The molecular weight excluding hydrogens is 233 g/mol. The maximum absolute atomic E-state index is 13.5. The summed E-state index contributed by atoms with van der Waals surface area (Å²) in [4.78, 5) is 15.6. The molecule has 4 heteroatoms. The number of hydrogen-bond acceptors (Lipinski definition) is 2. The third kappa shape index (κ3) is 1.60. The van der Waals surface area contributed by atoms with Gasteiger partial charge in [0.15, 0.2) is 5.43 Å². The average Bonchev–Trinajstić information content (AvgIpc) is 2.39. The number of aryl methyl sites for hydroxylation is 1. The van der Waals surface area contributed by atoms with Crippen LogP contribution >= 0.6 is 0 Å². The molecule has 0 saturated carbocycles. The molecular formula is C14H14FNO2. The molecule has 0 unspecified atom stereocenters. The van der Waals surface area contributed by atoms with E-state index >= 15 is 0 Å². The van der Waals surface area contributed by atoms with E-state index in [9.17, 15) is 9.18 Å². The zero-order chi connectivity index (χ0) is 12.7. The maximum atomic E-state index is 13.5. The van der Waals surface area contributed by atoms with Crippen molar-refractivity contribution in [2.45, 2.75) is 25.7 Å². The molecule has 0 amide bonds. The smallest absolute Gasteiger partial charge is 0.193 e. The van der Waals surface area contributed by atoms with Crippen molar-refractivity contribution in [3.05, 3.63) is 39.4 Å². The van der Waals surface area contributed by atoms with Gasteiger partial charge in [0.05, 0.1) is 18.0 Å². The lowest BCUT2D eigenvalue weighted by Crippen LogP contribution is -2.18. The molecule has 3 nitrogen and oxygen atoms in total. The number of H-pyrrole nitrogens is 1. The van der Waals surface area contributed by atoms with Gasteiger partial charge in [0.2, 0.25) is 0 Å². The fraction of sp³-hybridized carbons (Fsp3) is 0.357. The van der Waals surface area contributed by atoms with Crippen molar-refractivity contribution < 1.29 is 9.13 Å². The van der Waals surface area contributed by atoms with E-state index in [1.54, 1.807) is 0 Å². The molecule has 0 fully saturated rings. The minimum atomic E-state index is -0.444. The lowest BCUT2D eigenvalue weighted by molar-refractivity contribution is 0.415. The Morgan fingerprint density at radius 2 is 2.06 bits per heavy atom. The van der Waals surface area contributed by atoms with Crippen LogP contribution in [-0.2, 0) is 12.8 Å². The summed E-state index contributed by atoms with van der Waals surface area (Å²) in [6, 6.07) is 2.58. The van der Waals surface area contributed by atoms with E-state index < -0.39 is 5.82 Å². The Hall–Kier alpha value is -1.84. The van der Waals surface area contributed by atoms with Crippen LogP contribution < -0.4 is 10.2 Å². The van der Waals surface area contributed by atoms with Gasteiger partial charge in [-0.05, 0) is 31.7 Å². The van der Waals surface area contributed by atoms with Crippen LogP contribution in [0.25, 0.3) is 10.9 Å². The van der Waals surface area contributed by atoms with Crippen LogP contribution in [0.15, 0.2) is 16.9 Å². The van der Waals surface area contributed by atoms with Crippen LogP contribution in [0.1, 0.15) is 24.1 Å². The summed E-state index contributed by atoms with van der Waals surface area (Å²) in [7, 11) is 1.48. The quantitative estimate of drug-likeness (QED) is 0.841. The summed E-state index contributed by atoms with van der Waals surface area (Å²) in [5.41, 5.74) is 2.32. The van der Waals surface area contributed by atoms with Crippen LogP contribution in [0.2, 0.25) is 0 Å². The first-order chi connectivity index (χ1) is 8.70. The number of benzene rings is 1. The van der Waals surface area contributed by atoms with Crippen LogP contribution in [0.4, 0.5) is 4.39 Å². The minimum Gasteiger partial charge on any atom is -0.494 e. The van der Waals surface area contributed by atoms with Crippen molar-refractivity contribution in [2.24, 2.45) is 0 Å². The summed E-state index contributed by atoms with van der Waals surface area (Å²) in [5, 5.41) is 0.382. The van der Waals surface area contributed by atoms with Gasteiger partial charge in [0.25, 0.3) is 0 Å². The second-order valence-electron chi connectivity index (χ2n) is 4.65. The van der Waals surface area contributed by atoms with Crippen LogP contribution in [0.3, 0.4) is 0 Å². The Bertz CT molecular complexity index is 676. The minimum absolute atomic E-state index is 0.0590. The van der Waals surface area contributed by atoms with Gasteiger partial charge >= 0.3 is 0 Å². The number of methoxy groups -OCH3 is 1. The van der Waals surface area contributed by atoms with E-state index in [1.807, 2.05) is 0 Å². The molecule has 3 rings (SSSR count). The monoisotopic (exact) mass is 247 g/mol. The molecule has 2 aromatic rings. The number of aromatic nitrogens is 1. The zero-order valence-corrected chi connectivity index (χ0v) is 10.2. The Balaban J connectivity index is 2.42. The third-order valence-corrected chi connectivity index (χ3v) is 3.55. The standard InChI is InChI=1S/C14H14FNO2/c1-18-12-7-8(15)6-10-13(12)16-11-5-3-2-4-9(11)14(10)17/h6-7H,2-5H2,1H3,(H,16,17). The van der Waals surface area contributed by atoms with Crippen LogP contribution in [-0.4, -0.2) is 12.1 Å². The molecule has 1 aromatic heterocycles. The predicted octanol–water partition coefficient (Wildman–Crippen LogP) is 2.55. The first-order valence-electron chi connectivity index (χ1n) is 6.12. The molecule has 0 saturated heterocycles. The first kappa shape index (κ1) is 11.3. The SMILES string of the molecule is COc1cc(F)cc2c(=O)c3c([nH]c12)CCCC3. The molecule has 0 bridgehead atoms. The van der Waals surface area contributed by atoms with E-state index in [2.05, 4.69) is 4.98 Å². The van der Waals surface area contributed by atoms with Crippen molar-refractivity contribution in [1.29, 1.82) is 0 Å².